The van der Waals surface area contributed by atoms with E-state index >= 15 is 0 Å². The SMILES string of the molecule is CC(C)(NC(=O)c1nn(-c2ccc(F)cc2F)c2c1C[C@@H]1C[C@H]21)c1ccccn1. The number of nitrogens with zero attached hydrogens (tertiary/aromatic N) is 3. The number of rotatable bonds is 4. The molecule has 0 aliphatic heterocycles. The van der Waals surface area contributed by atoms with Crippen LogP contribution in [0.2, 0.25) is 0 Å². The fourth-order valence-electron chi connectivity index (χ4n) is 4.27. The van der Waals surface area contributed by atoms with Gasteiger partial charge in [0.25, 0.3) is 5.91 Å². The Labute approximate surface area is 166 Å². The van der Waals surface area contributed by atoms with Crippen LogP contribution in [0.5, 0.6) is 0 Å². The minimum atomic E-state index is -0.697. The Morgan fingerprint density at radius 3 is 2.79 bits per heavy atom. The van der Waals surface area contributed by atoms with Crippen LogP contribution in [-0.4, -0.2) is 20.7 Å². The summed E-state index contributed by atoms with van der Waals surface area (Å²) in [5.41, 5.74) is 2.25. The first kappa shape index (κ1) is 18.0. The maximum atomic E-state index is 14.4. The molecule has 2 aliphatic rings. The van der Waals surface area contributed by atoms with Gasteiger partial charge in [0.05, 0.1) is 16.9 Å². The molecule has 2 atom stereocenters. The van der Waals surface area contributed by atoms with E-state index in [2.05, 4.69) is 15.4 Å². The molecule has 1 saturated carbocycles. The van der Waals surface area contributed by atoms with Crippen molar-refractivity contribution in [1.82, 2.24) is 20.1 Å². The Bertz CT molecular complexity index is 1120. The van der Waals surface area contributed by atoms with E-state index in [-0.39, 0.29) is 17.5 Å². The molecular weight excluding hydrogens is 374 g/mol. The number of pyridine rings is 1. The molecule has 1 N–H and O–H groups in total. The highest BCUT2D eigenvalue weighted by Crippen LogP contribution is 2.57. The van der Waals surface area contributed by atoms with Crippen molar-refractivity contribution in [3.63, 3.8) is 0 Å². The lowest BCUT2D eigenvalue weighted by atomic mass is 9.99. The van der Waals surface area contributed by atoms with Gasteiger partial charge in [0.2, 0.25) is 0 Å². The topological polar surface area (TPSA) is 59.8 Å². The minimum Gasteiger partial charge on any atom is -0.340 e. The largest absolute Gasteiger partial charge is 0.340 e. The lowest BCUT2D eigenvalue weighted by Crippen LogP contribution is -2.42. The number of aromatic nitrogens is 3. The molecule has 0 radical (unpaired) electrons. The molecule has 5 rings (SSSR count). The highest BCUT2D eigenvalue weighted by molar-refractivity contribution is 5.95. The minimum absolute atomic E-state index is 0.165. The van der Waals surface area contributed by atoms with Crippen molar-refractivity contribution in [3.8, 4) is 5.69 Å². The zero-order valence-corrected chi connectivity index (χ0v) is 16.1. The molecule has 0 bridgehead atoms. The van der Waals surface area contributed by atoms with Gasteiger partial charge in [0.15, 0.2) is 11.5 Å². The number of fused-ring (bicyclic) bond motifs is 3. The summed E-state index contributed by atoms with van der Waals surface area (Å²) >= 11 is 0. The Hall–Kier alpha value is -3.09. The van der Waals surface area contributed by atoms with Crippen molar-refractivity contribution in [2.24, 2.45) is 5.92 Å². The van der Waals surface area contributed by atoms with Gasteiger partial charge in [-0.3, -0.25) is 9.78 Å². The van der Waals surface area contributed by atoms with Crippen LogP contribution in [0.25, 0.3) is 5.69 Å². The van der Waals surface area contributed by atoms with Crippen molar-refractivity contribution < 1.29 is 13.6 Å². The van der Waals surface area contributed by atoms with Crippen LogP contribution < -0.4 is 5.32 Å². The number of nitrogens with one attached hydrogen (secondary N) is 1. The fourth-order valence-corrected chi connectivity index (χ4v) is 4.27. The molecule has 0 unspecified atom stereocenters. The number of carbonyl (C=O) groups is 1. The summed E-state index contributed by atoms with van der Waals surface area (Å²) in [5.74, 6) is -0.894. The molecular formula is C22H20F2N4O. The third-order valence-corrected chi connectivity index (χ3v) is 5.85. The van der Waals surface area contributed by atoms with E-state index in [0.29, 0.717) is 11.6 Å². The van der Waals surface area contributed by atoms with Crippen molar-refractivity contribution in [3.05, 3.63) is 76.9 Å². The molecule has 5 nitrogen and oxygen atoms in total. The Balaban J connectivity index is 1.53. The van der Waals surface area contributed by atoms with Gasteiger partial charge in [-0.2, -0.15) is 5.10 Å². The summed E-state index contributed by atoms with van der Waals surface area (Å²) in [6.07, 6.45) is 3.46. The second kappa shape index (κ2) is 6.20. The number of halogens is 2. The van der Waals surface area contributed by atoms with Crippen LogP contribution in [0.3, 0.4) is 0 Å². The first-order valence-electron chi connectivity index (χ1n) is 9.66. The highest BCUT2D eigenvalue weighted by atomic mass is 19.1. The molecule has 2 aromatic heterocycles. The summed E-state index contributed by atoms with van der Waals surface area (Å²) in [5, 5.41) is 7.47. The van der Waals surface area contributed by atoms with Gasteiger partial charge in [-0.25, -0.2) is 13.5 Å². The van der Waals surface area contributed by atoms with E-state index in [1.807, 2.05) is 32.0 Å². The van der Waals surface area contributed by atoms with E-state index < -0.39 is 17.2 Å². The molecule has 1 amide bonds. The van der Waals surface area contributed by atoms with Crippen molar-refractivity contribution >= 4 is 5.91 Å². The van der Waals surface area contributed by atoms with E-state index in [4.69, 9.17) is 0 Å². The van der Waals surface area contributed by atoms with Crippen LogP contribution in [0.15, 0.2) is 42.6 Å². The maximum absolute atomic E-state index is 14.4. The van der Waals surface area contributed by atoms with Gasteiger partial charge in [-0.05, 0) is 56.9 Å². The van der Waals surface area contributed by atoms with Crippen LogP contribution >= 0.6 is 0 Å². The number of amides is 1. The van der Waals surface area contributed by atoms with Crippen molar-refractivity contribution in [2.75, 3.05) is 0 Å². The quantitative estimate of drug-likeness (QED) is 0.731. The van der Waals surface area contributed by atoms with Gasteiger partial charge in [0, 0.05) is 23.7 Å². The molecule has 29 heavy (non-hydrogen) atoms. The predicted molar refractivity (Wildman–Crippen MR) is 103 cm³/mol. The number of hydrogen-bond acceptors (Lipinski definition) is 3. The second-order valence-electron chi connectivity index (χ2n) is 8.32. The molecule has 0 spiro atoms. The predicted octanol–water partition coefficient (Wildman–Crippen LogP) is 3.87. The lowest BCUT2D eigenvalue weighted by molar-refractivity contribution is 0.0903. The van der Waals surface area contributed by atoms with E-state index in [0.717, 1.165) is 35.9 Å². The second-order valence-corrected chi connectivity index (χ2v) is 8.32. The Morgan fingerprint density at radius 2 is 2.07 bits per heavy atom. The van der Waals surface area contributed by atoms with Crippen LogP contribution in [0.1, 0.15) is 53.6 Å². The molecule has 2 aliphatic carbocycles. The summed E-state index contributed by atoms with van der Waals surface area (Å²) < 4.78 is 29.3. The van der Waals surface area contributed by atoms with Crippen LogP contribution in [0, 0.1) is 17.6 Å². The fraction of sp³-hybridized carbons (Fsp3) is 0.318. The van der Waals surface area contributed by atoms with Crippen LogP contribution in [0.4, 0.5) is 8.78 Å². The zero-order chi connectivity index (χ0) is 20.3. The smallest absolute Gasteiger partial charge is 0.272 e. The first-order valence-corrected chi connectivity index (χ1v) is 9.66. The van der Waals surface area contributed by atoms with Crippen molar-refractivity contribution in [1.29, 1.82) is 0 Å². The maximum Gasteiger partial charge on any atom is 0.272 e. The van der Waals surface area contributed by atoms with Gasteiger partial charge in [-0.1, -0.05) is 6.07 Å². The summed E-state index contributed by atoms with van der Waals surface area (Å²) in [6.45, 7) is 3.75. The monoisotopic (exact) mass is 394 g/mol. The molecule has 0 saturated heterocycles. The number of hydrogen-bond donors (Lipinski definition) is 1. The Morgan fingerprint density at radius 1 is 1.24 bits per heavy atom. The average molecular weight is 394 g/mol. The van der Waals surface area contributed by atoms with Gasteiger partial charge >= 0.3 is 0 Å². The van der Waals surface area contributed by atoms with Gasteiger partial charge < -0.3 is 5.32 Å². The summed E-state index contributed by atoms with van der Waals surface area (Å²) in [4.78, 5) is 17.5. The average Bonchev–Trinajstić information content (AvgIpc) is 3.18. The Kier molecular flexibility index (Phi) is 3.84. The zero-order valence-electron chi connectivity index (χ0n) is 16.1. The summed E-state index contributed by atoms with van der Waals surface area (Å²) in [6, 6.07) is 8.95. The van der Waals surface area contributed by atoms with Crippen LogP contribution in [-0.2, 0) is 12.0 Å². The van der Waals surface area contributed by atoms with Gasteiger partial charge in [-0.15, -0.1) is 0 Å². The lowest BCUT2D eigenvalue weighted by Gasteiger charge is -2.25. The van der Waals surface area contributed by atoms with E-state index in [9.17, 15) is 13.6 Å². The highest BCUT2D eigenvalue weighted by Gasteiger charge is 2.50. The van der Waals surface area contributed by atoms with E-state index in [1.54, 1.807) is 6.20 Å². The molecule has 3 aromatic rings. The molecule has 1 aromatic carbocycles. The normalized spacial score (nSPS) is 19.6. The van der Waals surface area contributed by atoms with E-state index in [1.165, 1.54) is 16.8 Å². The molecule has 2 heterocycles. The molecule has 7 heteroatoms. The number of benzene rings is 1. The third-order valence-electron chi connectivity index (χ3n) is 5.85. The van der Waals surface area contributed by atoms with Crippen molar-refractivity contribution in [2.45, 2.75) is 38.1 Å². The number of carbonyl (C=O) groups excluding carboxylic acids is 1. The molecule has 148 valence electrons. The van der Waals surface area contributed by atoms with Gasteiger partial charge in [0.1, 0.15) is 11.5 Å². The first-order chi connectivity index (χ1) is 13.8. The third kappa shape index (κ3) is 2.92. The standard InChI is InChI=1S/C22H20F2N4O/c1-22(2,18-5-3-4-8-25-18)26-21(29)19-15-10-12-9-14(12)20(15)28(27-19)17-7-6-13(23)11-16(17)24/h3-8,11-12,14H,9-10H2,1-2H3,(H,26,29)/t12-,14-/m0/s1. The summed E-state index contributed by atoms with van der Waals surface area (Å²) in [7, 11) is 0. The molecule has 1 fully saturated rings.